The summed E-state index contributed by atoms with van der Waals surface area (Å²) in [6, 6.07) is 0. The fourth-order valence-electron chi connectivity index (χ4n) is 2.62. The average molecular weight is 282 g/mol. The van der Waals surface area contributed by atoms with Crippen LogP contribution >= 0.6 is 0 Å². The first-order chi connectivity index (χ1) is 9.56. The van der Waals surface area contributed by atoms with Crippen LogP contribution in [0.25, 0.3) is 0 Å². The van der Waals surface area contributed by atoms with Crippen LogP contribution in [0.4, 0.5) is 0 Å². The van der Waals surface area contributed by atoms with Crippen LogP contribution < -0.4 is 0 Å². The average Bonchev–Trinajstić information content (AvgIpc) is 2.66. The Morgan fingerprint density at radius 1 is 1.25 bits per heavy atom. The highest BCUT2D eigenvalue weighted by Crippen LogP contribution is 2.30. The number of ether oxygens (including phenoxy) is 1. The second kappa shape index (κ2) is 8.72. The number of amides is 1. The second-order valence-electron chi connectivity index (χ2n) is 5.53. The van der Waals surface area contributed by atoms with Gasteiger partial charge in [0.2, 0.25) is 0 Å². The first-order valence-corrected chi connectivity index (χ1v) is 7.47. The highest BCUT2D eigenvalue weighted by Gasteiger charge is 2.35. The first-order valence-electron chi connectivity index (χ1n) is 7.47. The van der Waals surface area contributed by atoms with Gasteiger partial charge in [0.05, 0.1) is 12.9 Å². The molecule has 20 heavy (non-hydrogen) atoms. The van der Waals surface area contributed by atoms with Crippen LogP contribution in [0.15, 0.2) is 4.99 Å². The molecule has 114 valence electrons. The topological polar surface area (TPSA) is 59.0 Å². The summed E-state index contributed by atoms with van der Waals surface area (Å²) in [6.45, 7) is 2.06. The molecule has 1 aliphatic carbocycles. The van der Waals surface area contributed by atoms with Gasteiger partial charge in [0.1, 0.15) is 5.92 Å². The zero-order chi connectivity index (χ0) is 15.0. The molecule has 1 saturated carbocycles. The molecular weight excluding hydrogens is 256 g/mol. The van der Waals surface area contributed by atoms with Crippen molar-refractivity contribution in [3.63, 3.8) is 0 Å². The Kier molecular flexibility index (Phi) is 7.26. The van der Waals surface area contributed by atoms with Crippen LogP contribution in [0.2, 0.25) is 0 Å². The molecule has 0 bridgehead atoms. The fourth-order valence-corrected chi connectivity index (χ4v) is 2.62. The van der Waals surface area contributed by atoms with Crippen LogP contribution in [0.3, 0.4) is 0 Å². The zero-order valence-electron chi connectivity index (χ0n) is 12.8. The lowest BCUT2D eigenvalue weighted by Crippen LogP contribution is -2.32. The van der Waals surface area contributed by atoms with Crippen LogP contribution in [-0.4, -0.2) is 43.8 Å². The Hall–Kier alpha value is -1.39. The summed E-state index contributed by atoms with van der Waals surface area (Å²) in [4.78, 5) is 29.9. The molecule has 1 unspecified atom stereocenters. The largest absolute Gasteiger partial charge is 0.465 e. The van der Waals surface area contributed by atoms with Gasteiger partial charge in [-0.05, 0) is 25.7 Å². The van der Waals surface area contributed by atoms with Gasteiger partial charge in [-0.25, -0.2) is 4.99 Å². The minimum atomic E-state index is -0.732. The monoisotopic (exact) mass is 282 g/mol. The van der Waals surface area contributed by atoms with E-state index in [2.05, 4.69) is 4.99 Å². The van der Waals surface area contributed by atoms with Crippen LogP contribution in [0.1, 0.15) is 45.4 Å². The van der Waals surface area contributed by atoms with Crippen LogP contribution in [0, 0.1) is 11.8 Å². The maximum atomic E-state index is 12.3. The lowest BCUT2D eigenvalue weighted by Gasteiger charge is -2.21. The first kappa shape index (κ1) is 16.7. The van der Waals surface area contributed by atoms with Gasteiger partial charge in [0.15, 0.2) is 0 Å². The summed E-state index contributed by atoms with van der Waals surface area (Å²) in [5.74, 6) is -1.45. The van der Waals surface area contributed by atoms with E-state index in [-0.39, 0.29) is 11.8 Å². The molecule has 0 heterocycles. The summed E-state index contributed by atoms with van der Waals surface area (Å²) in [6.07, 6.45) is 7.78. The van der Waals surface area contributed by atoms with E-state index in [1.165, 1.54) is 19.2 Å². The summed E-state index contributed by atoms with van der Waals surface area (Å²) >= 11 is 0. The normalized spacial score (nSPS) is 18.6. The lowest BCUT2D eigenvalue weighted by atomic mass is 9.85. The van der Waals surface area contributed by atoms with Crippen molar-refractivity contribution in [1.82, 2.24) is 4.90 Å². The molecule has 0 N–H and O–H groups in total. The van der Waals surface area contributed by atoms with Gasteiger partial charge in [0.25, 0.3) is 5.91 Å². The molecule has 1 atom stereocenters. The maximum Gasteiger partial charge on any atom is 0.318 e. The highest BCUT2D eigenvalue weighted by atomic mass is 16.5. The van der Waals surface area contributed by atoms with Gasteiger partial charge in [-0.15, -0.1) is 0 Å². The number of nitrogens with zero attached hydrogens (tertiary/aromatic N) is 2. The summed E-state index contributed by atoms with van der Waals surface area (Å²) < 4.78 is 5.08. The van der Waals surface area contributed by atoms with Crippen molar-refractivity contribution in [2.24, 2.45) is 16.8 Å². The van der Waals surface area contributed by atoms with Gasteiger partial charge in [0, 0.05) is 14.1 Å². The van der Waals surface area contributed by atoms with Crippen molar-refractivity contribution in [1.29, 1.82) is 0 Å². The predicted octanol–water partition coefficient (Wildman–Crippen LogP) is 2.25. The zero-order valence-corrected chi connectivity index (χ0v) is 12.8. The number of aliphatic imine (C=N–C) groups is 1. The number of hydrogen-bond donors (Lipinski definition) is 0. The van der Waals surface area contributed by atoms with Gasteiger partial charge in [-0.2, -0.15) is 0 Å². The third-order valence-corrected chi connectivity index (χ3v) is 3.59. The molecule has 5 heteroatoms. The van der Waals surface area contributed by atoms with Crippen molar-refractivity contribution in [3.05, 3.63) is 0 Å². The van der Waals surface area contributed by atoms with Crippen LogP contribution in [0.5, 0.6) is 0 Å². The lowest BCUT2D eigenvalue weighted by molar-refractivity contribution is -0.153. The highest BCUT2D eigenvalue weighted by molar-refractivity contribution is 6.00. The SMILES string of the molecule is CCOC(=O)C(C(=O)N=CN(C)C)C1CCCCCC1. The van der Waals surface area contributed by atoms with E-state index in [9.17, 15) is 9.59 Å². The predicted molar refractivity (Wildman–Crippen MR) is 78.5 cm³/mol. The number of carbonyl (C=O) groups excluding carboxylic acids is 2. The van der Waals surface area contributed by atoms with E-state index in [0.29, 0.717) is 6.61 Å². The smallest absolute Gasteiger partial charge is 0.318 e. The van der Waals surface area contributed by atoms with E-state index in [1.807, 2.05) is 0 Å². The number of rotatable bonds is 5. The van der Waals surface area contributed by atoms with Crippen molar-refractivity contribution in [3.8, 4) is 0 Å². The van der Waals surface area contributed by atoms with E-state index >= 15 is 0 Å². The standard InChI is InChI=1S/C15H26N2O3/c1-4-20-15(19)13(14(18)16-11-17(2)3)12-9-7-5-6-8-10-12/h11-13H,4-10H2,1-3H3. The second-order valence-corrected chi connectivity index (χ2v) is 5.53. The number of carbonyl (C=O) groups is 2. The third-order valence-electron chi connectivity index (χ3n) is 3.59. The minimum absolute atomic E-state index is 0.0726. The number of hydrogen-bond acceptors (Lipinski definition) is 3. The molecular formula is C15H26N2O3. The van der Waals surface area contributed by atoms with Crippen molar-refractivity contribution in [2.45, 2.75) is 45.4 Å². The summed E-state index contributed by atoms with van der Waals surface area (Å²) in [5, 5.41) is 0. The Morgan fingerprint density at radius 2 is 1.85 bits per heavy atom. The van der Waals surface area contributed by atoms with Crippen LogP contribution in [-0.2, 0) is 14.3 Å². The molecule has 0 aliphatic heterocycles. The molecule has 0 aromatic rings. The molecule has 1 amide bonds. The molecule has 0 saturated heterocycles. The Labute approximate surface area is 121 Å². The van der Waals surface area contributed by atoms with Crippen molar-refractivity contribution < 1.29 is 14.3 Å². The third kappa shape index (κ3) is 5.31. The summed E-state index contributed by atoms with van der Waals surface area (Å²) in [5.41, 5.74) is 0. The Bertz CT molecular complexity index is 345. The van der Waals surface area contributed by atoms with E-state index in [4.69, 9.17) is 4.74 Å². The van der Waals surface area contributed by atoms with Crippen molar-refractivity contribution >= 4 is 18.2 Å². The van der Waals surface area contributed by atoms with Gasteiger partial charge < -0.3 is 9.64 Å². The maximum absolute atomic E-state index is 12.3. The molecule has 1 rings (SSSR count). The molecule has 5 nitrogen and oxygen atoms in total. The molecule has 1 fully saturated rings. The minimum Gasteiger partial charge on any atom is -0.465 e. The Morgan fingerprint density at radius 3 is 2.35 bits per heavy atom. The molecule has 1 aliphatic rings. The van der Waals surface area contributed by atoms with Gasteiger partial charge in [-0.3, -0.25) is 9.59 Å². The van der Waals surface area contributed by atoms with Crippen molar-refractivity contribution in [2.75, 3.05) is 20.7 Å². The van der Waals surface area contributed by atoms with Gasteiger partial charge >= 0.3 is 5.97 Å². The van der Waals surface area contributed by atoms with Gasteiger partial charge in [-0.1, -0.05) is 25.7 Å². The Balaban J connectivity index is 2.82. The molecule has 0 radical (unpaired) electrons. The molecule has 0 aromatic heterocycles. The van der Waals surface area contributed by atoms with E-state index in [1.54, 1.807) is 25.9 Å². The van der Waals surface area contributed by atoms with E-state index in [0.717, 1.165) is 25.7 Å². The molecule has 0 spiro atoms. The van der Waals surface area contributed by atoms with E-state index < -0.39 is 11.9 Å². The fraction of sp³-hybridized carbons (Fsp3) is 0.800. The number of esters is 1. The quantitative estimate of drug-likeness (QED) is 0.255. The molecule has 0 aromatic carbocycles. The summed E-state index contributed by atoms with van der Waals surface area (Å²) in [7, 11) is 3.59.